The first kappa shape index (κ1) is 12.0. The summed E-state index contributed by atoms with van der Waals surface area (Å²) in [5.74, 6) is 2.12. The minimum atomic E-state index is 0.297. The smallest absolute Gasteiger partial charge is 0.0468 e. The quantitative estimate of drug-likeness (QED) is 0.710. The van der Waals surface area contributed by atoms with Gasteiger partial charge in [-0.05, 0) is 30.6 Å². The van der Waals surface area contributed by atoms with Gasteiger partial charge in [-0.2, -0.15) is 0 Å². The molecule has 1 saturated carbocycles. The molecule has 14 heavy (non-hydrogen) atoms. The summed E-state index contributed by atoms with van der Waals surface area (Å²) in [6.45, 7) is 8.00. The topological polar surface area (TPSA) is 32.3 Å². The van der Waals surface area contributed by atoms with Crippen molar-refractivity contribution in [3.05, 3.63) is 0 Å². The summed E-state index contributed by atoms with van der Waals surface area (Å²) in [5, 5.41) is 12.5. The largest absolute Gasteiger partial charge is 0.396 e. The van der Waals surface area contributed by atoms with Crippen LogP contribution < -0.4 is 5.32 Å². The molecule has 0 aromatic heterocycles. The first-order chi connectivity index (χ1) is 6.69. The lowest BCUT2D eigenvalue weighted by Crippen LogP contribution is -2.36. The first-order valence-corrected chi connectivity index (χ1v) is 6.03. The van der Waals surface area contributed by atoms with Crippen molar-refractivity contribution in [2.24, 2.45) is 17.8 Å². The minimum absolute atomic E-state index is 0.297. The minimum Gasteiger partial charge on any atom is -0.396 e. The monoisotopic (exact) mass is 199 g/mol. The highest BCUT2D eigenvalue weighted by Crippen LogP contribution is 2.33. The molecular weight excluding hydrogens is 174 g/mol. The second-order valence-corrected chi connectivity index (χ2v) is 4.91. The normalized spacial score (nSPS) is 34.7. The van der Waals surface area contributed by atoms with Crippen LogP contribution in [-0.2, 0) is 0 Å². The van der Waals surface area contributed by atoms with Crippen molar-refractivity contribution < 1.29 is 5.11 Å². The van der Waals surface area contributed by atoms with Crippen molar-refractivity contribution in [1.82, 2.24) is 5.32 Å². The number of aliphatic hydroxyl groups excluding tert-OH is 1. The molecule has 0 heterocycles. The SMILES string of the molecule is CCC1CCC(NCC(C)CO)C1C. The van der Waals surface area contributed by atoms with Crippen LogP contribution in [0, 0.1) is 17.8 Å². The third-order valence-electron chi connectivity index (χ3n) is 3.79. The summed E-state index contributed by atoms with van der Waals surface area (Å²) < 4.78 is 0. The molecule has 0 bridgehead atoms. The third-order valence-corrected chi connectivity index (χ3v) is 3.79. The van der Waals surface area contributed by atoms with E-state index in [0.29, 0.717) is 18.6 Å². The number of hydrogen-bond acceptors (Lipinski definition) is 2. The molecule has 0 aromatic rings. The van der Waals surface area contributed by atoms with Gasteiger partial charge in [-0.3, -0.25) is 0 Å². The number of aliphatic hydroxyl groups is 1. The summed E-state index contributed by atoms with van der Waals surface area (Å²) in [6.07, 6.45) is 4.01. The zero-order valence-electron chi connectivity index (χ0n) is 9.79. The predicted octanol–water partition coefficient (Wildman–Crippen LogP) is 2.03. The van der Waals surface area contributed by atoms with E-state index in [-0.39, 0.29) is 0 Å². The Labute approximate surface area is 88.1 Å². The van der Waals surface area contributed by atoms with Crippen molar-refractivity contribution in [2.75, 3.05) is 13.2 Å². The van der Waals surface area contributed by atoms with E-state index in [1.165, 1.54) is 19.3 Å². The van der Waals surface area contributed by atoms with Crippen molar-refractivity contribution in [2.45, 2.75) is 46.1 Å². The van der Waals surface area contributed by atoms with Crippen LogP contribution in [0.1, 0.15) is 40.0 Å². The summed E-state index contributed by atoms with van der Waals surface area (Å²) in [7, 11) is 0. The summed E-state index contributed by atoms with van der Waals surface area (Å²) in [5.41, 5.74) is 0. The van der Waals surface area contributed by atoms with Gasteiger partial charge in [0.15, 0.2) is 0 Å². The van der Waals surface area contributed by atoms with E-state index in [1.807, 2.05) is 0 Å². The Morgan fingerprint density at radius 2 is 2.14 bits per heavy atom. The molecule has 0 aliphatic heterocycles. The Morgan fingerprint density at radius 3 is 2.64 bits per heavy atom. The average Bonchev–Trinajstić information content (AvgIpc) is 2.56. The fraction of sp³-hybridized carbons (Fsp3) is 1.00. The molecule has 1 rings (SSSR count). The highest BCUT2D eigenvalue weighted by atomic mass is 16.3. The maximum Gasteiger partial charge on any atom is 0.0468 e. The van der Waals surface area contributed by atoms with Crippen molar-refractivity contribution >= 4 is 0 Å². The molecule has 2 heteroatoms. The molecule has 84 valence electrons. The maximum absolute atomic E-state index is 8.93. The van der Waals surface area contributed by atoms with Crippen LogP contribution in [0.25, 0.3) is 0 Å². The Balaban J connectivity index is 2.26. The summed E-state index contributed by atoms with van der Waals surface area (Å²) in [4.78, 5) is 0. The molecular formula is C12H25NO. The molecule has 0 radical (unpaired) electrons. The zero-order chi connectivity index (χ0) is 10.6. The lowest BCUT2D eigenvalue weighted by Gasteiger charge is -2.22. The second kappa shape index (κ2) is 5.72. The van der Waals surface area contributed by atoms with Crippen LogP contribution >= 0.6 is 0 Å². The second-order valence-electron chi connectivity index (χ2n) is 4.91. The molecule has 2 N–H and O–H groups in total. The van der Waals surface area contributed by atoms with E-state index in [2.05, 4.69) is 26.1 Å². The predicted molar refractivity (Wildman–Crippen MR) is 60.2 cm³/mol. The van der Waals surface area contributed by atoms with Gasteiger partial charge in [0.25, 0.3) is 0 Å². The number of nitrogens with one attached hydrogen (secondary N) is 1. The van der Waals surface area contributed by atoms with E-state index in [4.69, 9.17) is 5.11 Å². The molecule has 4 atom stereocenters. The van der Waals surface area contributed by atoms with Gasteiger partial charge >= 0.3 is 0 Å². The molecule has 1 aliphatic rings. The van der Waals surface area contributed by atoms with E-state index in [1.54, 1.807) is 0 Å². The van der Waals surface area contributed by atoms with E-state index >= 15 is 0 Å². The Morgan fingerprint density at radius 1 is 1.43 bits per heavy atom. The van der Waals surface area contributed by atoms with Crippen LogP contribution in [-0.4, -0.2) is 24.3 Å². The molecule has 0 spiro atoms. The molecule has 0 aromatic carbocycles. The summed E-state index contributed by atoms with van der Waals surface area (Å²) in [6, 6.07) is 0.689. The van der Waals surface area contributed by atoms with Crippen molar-refractivity contribution in [1.29, 1.82) is 0 Å². The number of rotatable bonds is 5. The number of hydrogen-bond donors (Lipinski definition) is 2. The van der Waals surface area contributed by atoms with Gasteiger partial charge < -0.3 is 10.4 Å². The maximum atomic E-state index is 8.93. The highest BCUT2D eigenvalue weighted by molar-refractivity contribution is 4.86. The third kappa shape index (κ3) is 2.96. The van der Waals surface area contributed by atoms with Crippen LogP contribution in [0.5, 0.6) is 0 Å². The highest BCUT2D eigenvalue weighted by Gasteiger charge is 2.30. The van der Waals surface area contributed by atoms with Crippen LogP contribution in [0.2, 0.25) is 0 Å². The van der Waals surface area contributed by atoms with Gasteiger partial charge in [-0.15, -0.1) is 0 Å². The molecule has 1 aliphatic carbocycles. The fourth-order valence-electron chi connectivity index (χ4n) is 2.53. The van der Waals surface area contributed by atoms with Crippen LogP contribution in [0.4, 0.5) is 0 Å². The first-order valence-electron chi connectivity index (χ1n) is 6.03. The lowest BCUT2D eigenvalue weighted by atomic mass is 9.93. The molecule has 4 unspecified atom stereocenters. The van der Waals surface area contributed by atoms with Gasteiger partial charge in [-0.25, -0.2) is 0 Å². The van der Waals surface area contributed by atoms with Gasteiger partial charge in [0.05, 0.1) is 0 Å². The van der Waals surface area contributed by atoms with Crippen molar-refractivity contribution in [3.63, 3.8) is 0 Å². The fourth-order valence-corrected chi connectivity index (χ4v) is 2.53. The molecule has 1 fully saturated rings. The summed E-state index contributed by atoms with van der Waals surface area (Å²) >= 11 is 0. The molecule has 0 saturated heterocycles. The average molecular weight is 199 g/mol. The van der Waals surface area contributed by atoms with Gasteiger partial charge in [-0.1, -0.05) is 27.2 Å². The van der Waals surface area contributed by atoms with Crippen LogP contribution in [0.3, 0.4) is 0 Å². The van der Waals surface area contributed by atoms with Gasteiger partial charge in [0.2, 0.25) is 0 Å². The molecule has 0 amide bonds. The Kier molecular flexibility index (Phi) is 4.90. The van der Waals surface area contributed by atoms with Gasteiger partial charge in [0, 0.05) is 19.2 Å². The zero-order valence-corrected chi connectivity index (χ0v) is 9.79. The standard InChI is InChI=1S/C12H25NO/c1-4-11-5-6-12(10(11)3)13-7-9(2)8-14/h9-14H,4-8H2,1-3H3. The lowest BCUT2D eigenvalue weighted by molar-refractivity contribution is 0.224. The van der Waals surface area contributed by atoms with E-state index in [9.17, 15) is 0 Å². The van der Waals surface area contributed by atoms with Crippen LogP contribution in [0.15, 0.2) is 0 Å². The van der Waals surface area contributed by atoms with E-state index < -0.39 is 0 Å². The Bertz CT molecular complexity index is 160. The molecule has 2 nitrogen and oxygen atoms in total. The Hall–Kier alpha value is -0.0800. The van der Waals surface area contributed by atoms with Gasteiger partial charge in [0.1, 0.15) is 0 Å². The van der Waals surface area contributed by atoms with E-state index in [0.717, 1.165) is 18.4 Å². The van der Waals surface area contributed by atoms with Crippen molar-refractivity contribution in [3.8, 4) is 0 Å².